The van der Waals surface area contributed by atoms with Crippen LogP contribution in [0.25, 0.3) is 11.4 Å². The minimum atomic E-state index is -0.131. The van der Waals surface area contributed by atoms with Crippen molar-refractivity contribution in [3.63, 3.8) is 0 Å². The Morgan fingerprint density at radius 2 is 1.83 bits per heavy atom. The maximum absolute atomic E-state index is 12.6. The molecule has 1 aliphatic heterocycles. The Bertz CT molecular complexity index is 1090. The quantitative estimate of drug-likeness (QED) is 0.720. The van der Waals surface area contributed by atoms with Crippen molar-refractivity contribution in [2.75, 3.05) is 18.4 Å². The van der Waals surface area contributed by atoms with E-state index in [1.807, 2.05) is 67.3 Å². The maximum atomic E-state index is 12.6. The molecule has 0 atom stereocenters. The SMILES string of the molecule is Cc1cccc(C)c1NC(=O)CN1CCc2nc(-c3ccccc3)[nH]c(=O)c2C1. The molecule has 2 heterocycles. The predicted molar refractivity (Wildman–Crippen MR) is 114 cm³/mol. The summed E-state index contributed by atoms with van der Waals surface area (Å²) in [6.07, 6.45) is 0.649. The molecule has 0 aliphatic carbocycles. The molecule has 0 saturated heterocycles. The van der Waals surface area contributed by atoms with Gasteiger partial charge in [-0.3, -0.25) is 14.5 Å². The normalized spacial score (nSPS) is 13.7. The van der Waals surface area contributed by atoms with Gasteiger partial charge in [0.2, 0.25) is 5.91 Å². The van der Waals surface area contributed by atoms with E-state index in [1.54, 1.807) is 0 Å². The van der Waals surface area contributed by atoms with Crippen LogP contribution in [0.15, 0.2) is 53.3 Å². The van der Waals surface area contributed by atoms with Crippen molar-refractivity contribution in [3.8, 4) is 11.4 Å². The fourth-order valence-electron chi connectivity index (χ4n) is 3.74. The molecular weight excluding hydrogens is 364 g/mol. The number of carbonyl (C=O) groups is 1. The van der Waals surface area contributed by atoms with Crippen LogP contribution in [0.3, 0.4) is 0 Å². The monoisotopic (exact) mass is 388 g/mol. The summed E-state index contributed by atoms with van der Waals surface area (Å²) in [6, 6.07) is 15.6. The van der Waals surface area contributed by atoms with Crippen molar-refractivity contribution in [1.29, 1.82) is 0 Å². The largest absolute Gasteiger partial charge is 0.324 e. The molecule has 0 saturated carbocycles. The first kappa shape index (κ1) is 19.1. The number of H-pyrrole nitrogens is 1. The van der Waals surface area contributed by atoms with Gasteiger partial charge >= 0.3 is 0 Å². The molecule has 0 fully saturated rings. The van der Waals surface area contributed by atoms with Crippen molar-refractivity contribution in [2.24, 2.45) is 0 Å². The molecule has 0 bridgehead atoms. The summed E-state index contributed by atoms with van der Waals surface area (Å²) in [5.74, 6) is 0.520. The lowest BCUT2D eigenvalue weighted by atomic mass is 10.1. The number of rotatable bonds is 4. The molecule has 2 aromatic carbocycles. The van der Waals surface area contributed by atoms with E-state index < -0.39 is 0 Å². The highest BCUT2D eigenvalue weighted by Crippen LogP contribution is 2.21. The molecule has 1 aromatic heterocycles. The summed E-state index contributed by atoms with van der Waals surface area (Å²) < 4.78 is 0. The Kier molecular flexibility index (Phi) is 5.27. The Hall–Kier alpha value is -3.25. The summed E-state index contributed by atoms with van der Waals surface area (Å²) >= 11 is 0. The van der Waals surface area contributed by atoms with E-state index in [9.17, 15) is 9.59 Å². The van der Waals surface area contributed by atoms with Gasteiger partial charge in [0.25, 0.3) is 5.56 Å². The number of benzene rings is 2. The molecule has 6 heteroatoms. The van der Waals surface area contributed by atoms with Gasteiger partial charge in [-0.15, -0.1) is 0 Å². The van der Waals surface area contributed by atoms with Gasteiger partial charge in [0, 0.05) is 30.8 Å². The van der Waals surface area contributed by atoms with Crippen LogP contribution in [-0.2, 0) is 17.8 Å². The molecule has 0 radical (unpaired) electrons. The molecule has 0 unspecified atom stereocenters. The standard InChI is InChI=1S/C23H24N4O2/c1-15-7-6-8-16(2)21(15)25-20(28)14-27-12-11-19-18(13-27)23(29)26-22(24-19)17-9-4-3-5-10-17/h3-10H,11-14H2,1-2H3,(H,25,28)(H,24,26,29). The molecule has 4 rings (SSSR count). The zero-order chi connectivity index (χ0) is 20.4. The number of nitrogens with zero attached hydrogens (tertiary/aromatic N) is 2. The van der Waals surface area contributed by atoms with Gasteiger partial charge in [-0.2, -0.15) is 0 Å². The van der Waals surface area contributed by atoms with E-state index in [4.69, 9.17) is 0 Å². The van der Waals surface area contributed by atoms with Gasteiger partial charge in [0.1, 0.15) is 5.82 Å². The molecule has 6 nitrogen and oxygen atoms in total. The van der Waals surface area contributed by atoms with Crippen molar-refractivity contribution in [1.82, 2.24) is 14.9 Å². The number of nitrogens with one attached hydrogen (secondary N) is 2. The van der Waals surface area contributed by atoms with Crippen LogP contribution in [0.1, 0.15) is 22.4 Å². The number of hydrogen-bond acceptors (Lipinski definition) is 4. The summed E-state index contributed by atoms with van der Waals surface area (Å²) in [4.78, 5) is 34.8. The van der Waals surface area contributed by atoms with Crippen LogP contribution in [0, 0.1) is 13.8 Å². The second kappa shape index (κ2) is 8.01. The van der Waals surface area contributed by atoms with Crippen molar-refractivity contribution < 1.29 is 4.79 Å². The van der Waals surface area contributed by atoms with Crippen LogP contribution in [-0.4, -0.2) is 33.9 Å². The van der Waals surface area contributed by atoms with E-state index in [1.165, 1.54) is 0 Å². The maximum Gasteiger partial charge on any atom is 0.255 e. The lowest BCUT2D eigenvalue weighted by Crippen LogP contribution is -2.40. The highest BCUT2D eigenvalue weighted by molar-refractivity contribution is 5.93. The first-order valence-electron chi connectivity index (χ1n) is 9.77. The Labute approximate surface area is 169 Å². The van der Waals surface area contributed by atoms with Crippen molar-refractivity contribution >= 4 is 11.6 Å². The molecule has 2 N–H and O–H groups in total. The molecule has 1 amide bonds. The van der Waals surface area contributed by atoms with Gasteiger partial charge in [0.15, 0.2) is 0 Å². The topological polar surface area (TPSA) is 78.1 Å². The number of anilines is 1. The third-order valence-corrected chi connectivity index (χ3v) is 5.31. The van der Waals surface area contributed by atoms with Gasteiger partial charge in [-0.25, -0.2) is 4.98 Å². The van der Waals surface area contributed by atoms with Crippen molar-refractivity contribution in [2.45, 2.75) is 26.8 Å². The summed E-state index contributed by atoms with van der Waals surface area (Å²) in [5.41, 5.74) is 5.17. The Morgan fingerprint density at radius 3 is 2.55 bits per heavy atom. The lowest BCUT2D eigenvalue weighted by Gasteiger charge is -2.27. The van der Waals surface area contributed by atoms with Crippen LogP contribution in [0.5, 0.6) is 0 Å². The van der Waals surface area contributed by atoms with E-state index in [0.717, 1.165) is 28.1 Å². The minimum absolute atomic E-state index is 0.0730. The van der Waals surface area contributed by atoms with Crippen LogP contribution < -0.4 is 10.9 Å². The van der Waals surface area contributed by atoms with Crippen LogP contribution in [0.4, 0.5) is 5.69 Å². The zero-order valence-electron chi connectivity index (χ0n) is 16.7. The van der Waals surface area contributed by atoms with Gasteiger partial charge < -0.3 is 10.3 Å². The van der Waals surface area contributed by atoms with Crippen molar-refractivity contribution in [3.05, 3.63) is 81.3 Å². The molecule has 1 aliphatic rings. The minimum Gasteiger partial charge on any atom is -0.324 e. The summed E-state index contributed by atoms with van der Waals surface area (Å²) in [5, 5.41) is 3.01. The third-order valence-electron chi connectivity index (χ3n) is 5.31. The number of hydrogen-bond donors (Lipinski definition) is 2. The molecule has 29 heavy (non-hydrogen) atoms. The molecule has 3 aromatic rings. The highest BCUT2D eigenvalue weighted by Gasteiger charge is 2.23. The average Bonchev–Trinajstić information content (AvgIpc) is 2.72. The third kappa shape index (κ3) is 4.12. The molecule has 0 spiro atoms. The number of carbonyl (C=O) groups excluding carboxylic acids is 1. The van der Waals surface area contributed by atoms with E-state index in [2.05, 4.69) is 15.3 Å². The van der Waals surface area contributed by atoms with Gasteiger partial charge in [0.05, 0.1) is 17.8 Å². The fourth-order valence-corrected chi connectivity index (χ4v) is 3.74. The smallest absolute Gasteiger partial charge is 0.255 e. The van der Waals surface area contributed by atoms with Crippen LogP contribution in [0.2, 0.25) is 0 Å². The Morgan fingerprint density at radius 1 is 1.10 bits per heavy atom. The summed E-state index contributed by atoms with van der Waals surface area (Å²) in [6.45, 7) is 5.32. The number of para-hydroxylation sites is 1. The van der Waals surface area contributed by atoms with Gasteiger partial charge in [-0.1, -0.05) is 48.5 Å². The highest BCUT2D eigenvalue weighted by atomic mass is 16.2. The van der Waals surface area contributed by atoms with Gasteiger partial charge in [-0.05, 0) is 25.0 Å². The number of aryl methyl sites for hydroxylation is 2. The van der Waals surface area contributed by atoms with Crippen LogP contribution >= 0.6 is 0 Å². The van der Waals surface area contributed by atoms with E-state index >= 15 is 0 Å². The molecular formula is C23H24N4O2. The number of fused-ring (bicyclic) bond motifs is 1. The lowest BCUT2D eigenvalue weighted by molar-refractivity contribution is -0.117. The van der Waals surface area contributed by atoms with E-state index in [0.29, 0.717) is 30.9 Å². The molecule has 148 valence electrons. The number of amides is 1. The summed E-state index contributed by atoms with van der Waals surface area (Å²) in [7, 11) is 0. The first-order valence-corrected chi connectivity index (χ1v) is 9.77. The first-order chi connectivity index (χ1) is 14.0. The van der Waals surface area contributed by atoms with E-state index in [-0.39, 0.29) is 18.0 Å². The average molecular weight is 388 g/mol. The fraction of sp³-hybridized carbons (Fsp3) is 0.261. The second-order valence-corrected chi connectivity index (χ2v) is 7.48. The second-order valence-electron chi connectivity index (χ2n) is 7.48. The predicted octanol–water partition coefficient (Wildman–Crippen LogP) is 3.05. The Balaban J connectivity index is 1.48. The number of aromatic amines is 1. The zero-order valence-corrected chi connectivity index (χ0v) is 16.7. The number of aromatic nitrogens is 2.